The lowest BCUT2D eigenvalue weighted by Crippen LogP contribution is -2.72. The van der Waals surface area contributed by atoms with Gasteiger partial charge >= 0.3 is 0 Å². The van der Waals surface area contributed by atoms with E-state index in [1.165, 1.54) is 12.5 Å². The predicted molar refractivity (Wildman–Crippen MR) is 109 cm³/mol. The topological polar surface area (TPSA) is 189 Å². The summed E-state index contributed by atoms with van der Waals surface area (Å²) in [6, 6.07) is -3.57. The number of carbonyl (C=O) groups is 4. The molecule has 3 rings (SSSR count). The van der Waals surface area contributed by atoms with Crippen molar-refractivity contribution in [2.24, 2.45) is 5.92 Å². The maximum Gasteiger partial charge on any atom is 0.260 e. The number of hydrogen-bond donors (Lipinski definition) is 7. The molecule has 6 unspecified atom stereocenters. The summed E-state index contributed by atoms with van der Waals surface area (Å²) in [5, 5.41) is 29.0. The highest BCUT2D eigenvalue weighted by Crippen LogP contribution is 2.16. The first-order valence-corrected chi connectivity index (χ1v) is 10.5. The Balaban J connectivity index is 1.98. The highest BCUT2D eigenvalue weighted by atomic mass is 16.3. The molecule has 1 aromatic rings. The molecule has 176 valence electrons. The second kappa shape index (κ2) is 10.1. The van der Waals surface area contributed by atoms with Crippen LogP contribution in [-0.4, -0.2) is 92.2 Å². The third kappa shape index (κ3) is 5.06. The Morgan fingerprint density at radius 2 is 1.94 bits per heavy atom. The van der Waals surface area contributed by atoms with Crippen molar-refractivity contribution in [3.05, 3.63) is 18.2 Å². The second-order valence-electron chi connectivity index (χ2n) is 8.06. The lowest BCUT2D eigenvalue weighted by molar-refractivity contribution is -0.164. The van der Waals surface area contributed by atoms with E-state index in [0.29, 0.717) is 12.1 Å². The average molecular weight is 451 g/mol. The number of nitrogens with one attached hydrogen (secondary N) is 5. The number of nitrogens with zero attached hydrogens (tertiary/aromatic N) is 2. The minimum absolute atomic E-state index is 0.0247. The van der Waals surface area contributed by atoms with E-state index in [4.69, 9.17) is 0 Å². The van der Waals surface area contributed by atoms with E-state index in [1.54, 1.807) is 6.92 Å². The molecule has 2 aliphatic rings. The zero-order valence-electron chi connectivity index (χ0n) is 17.9. The van der Waals surface area contributed by atoms with Crippen LogP contribution in [0.25, 0.3) is 0 Å². The van der Waals surface area contributed by atoms with Gasteiger partial charge in [-0.1, -0.05) is 20.3 Å². The van der Waals surface area contributed by atoms with E-state index >= 15 is 0 Å². The van der Waals surface area contributed by atoms with Crippen LogP contribution < -0.4 is 21.4 Å². The van der Waals surface area contributed by atoms with Gasteiger partial charge in [-0.15, -0.1) is 0 Å². The van der Waals surface area contributed by atoms with Crippen LogP contribution in [0, 0.1) is 5.92 Å². The number of carbonyl (C=O) groups excluding carboxylic acids is 4. The van der Waals surface area contributed by atoms with Crippen molar-refractivity contribution in [1.29, 1.82) is 0 Å². The fraction of sp³-hybridized carbons (Fsp3) is 0.632. The van der Waals surface area contributed by atoms with Crippen molar-refractivity contribution in [1.82, 2.24) is 36.4 Å². The standard InChI is InChI=1S/C19H29N7O6/c1-3-9(2)14-17(30)24-11(4-10-5-20-8-22-10)19(32)26-15(16(29)12(27)6-23-26)18(31)21-7-13(28)25-14/h5,8-9,11-12,14-16,23,27,29H,3-4,6-7H2,1-2H3,(H,20,22)(H,21,31)(H,24,30)(H,25,28). The van der Waals surface area contributed by atoms with Crippen LogP contribution in [0.4, 0.5) is 0 Å². The second-order valence-corrected chi connectivity index (χ2v) is 8.06. The molecule has 0 aliphatic carbocycles. The van der Waals surface area contributed by atoms with Crippen LogP contribution in [0.2, 0.25) is 0 Å². The molecule has 2 fully saturated rings. The smallest absolute Gasteiger partial charge is 0.260 e. The summed E-state index contributed by atoms with van der Waals surface area (Å²) in [5.41, 5.74) is 3.20. The van der Waals surface area contributed by atoms with Gasteiger partial charge in [-0.3, -0.25) is 24.2 Å². The van der Waals surface area contributed by atoms with Gasteiger partial charge in [0, 0.05) is 24.9 Å². The van der Waals surface area contributed by atoms with Gasteiger partial charge in [-0.05, 0) is 5.92 Å². The zero-order chi connectivity index (χ0) is 23.4. The van der Waals surface area contributed by atoms with Crippen molar-refractivity contribution in [2.75, 3.05) is 13.1 Å². The number of aromatic nitrogens is 2. The fourth-order valence-electron chi connectivity index (χ4n) is 3.71. The van der Waals surface area contributed by atoms with Gasteiger partial charge in [0.25, 0.3) is 5.91 Å². The van der Waals surface area contributed by atoms with Crippen molar-refractivity contribution in [2.45, 2.75) is 57.0 Å². The average Bonchev–Trinajstić information content (AvgIpc) is 3.28. The maximum atomic E-state index is 13.4. The third-order valence-corrected chi connectivity index (χ3v) is 5.80. The zero-order valence-corrected chi connectivity index (χ0v) is 17.9. The van der Waals surface area contributed by atoms with Gasteiger partial charge in [-0.2, -0.15) is 0 Å². The highest BCUT2D eigenvalue weighted by molar-refractivity contribution is 5.97. The van der Waals surface area contributed by atoms with E-state index < -0.39 is 60.5 Å². The van der Waals surface area contributed by atoms with Crippen LogP contribution in [0.1, 0.15) is 26.0 Å². The number of aliphatic hydroxyl groups excluding tert-OH is 2. The molecule has 32 heavy (non-hydrogen) atoms. The van der Waals surface area contributed by atoms with Crippen molar-refractivity contribution in [3.8, 4) is 0 Å². The number of amides is 4. The Morgan fingerprint density at radius 3 is 2.59 bits per heavy atom. The molecule has 2 saturated heterocycles. The van der Waals surface area contributed by atoms with E-state index in [0.717, 1.165) is 5.01 Å². The number of hydrazine groups is 1. The Hall–Kier alpha value is -3.03. The third-order valence-electron chi connectivity index (χ3n) is 5.80. The number of fused-ring (bicyclic) bond motifs is 1. The Bertz CT molecular complexity index is 847. The van der Waals surface area contributed by atoms with Crippen LogP contribution in [-0.2, 0) is 25.6 Å². The van der Waals surface area contributed by atoms with Gasteiger partial charge in [0.2, 0.25) is 17.7 Å². The lowest BCUT2D eigenvalue weighted by atomic mass is 9.96. The van der Waals surface area contributed by atoms with Crippen molar-refractivity contribution < 1.29 is 29.4 Å². The largest absolute Gasteiger partial charge is 0.389 e. The number of rotatable bonds is 4. The molecule has 0 saturated carbocycles. The monoisotopic (exact) mass is 451 g/mol. The Labute approximate surface area is 184 Å². The van der Waals surface area contributed by atoms with E-state index in [-0.39, 0.29) is 18.9 Å². The minimum Gasteiger partial charge on any atom is -0.389 e. The molecule has 6 atom stereocenters. The summed E-state index contributed by atoms with van der Waals surface area (Å²) in [4.78, 5) is 58.5. The number of β-amino-alcohol motifs (C(OH)–C–C–N with tert-alkyl or cyclic N) is 1. The lowest BCUT2D eigenvalue weighted by Gasteiger charge is -2.42. The maximum absolute atomic E-state index is 13.4. The van der Waals surface area contributed by atoms with E-state index in [1.807, 2.05) is 6.92 Å². The van der Waals surface area contributed by atoms with Crippen LogP contribution >= 0.6 is 0 Å². The molecule has 7 N–H and O–H groups in total. The first kappa shape index (κ1) is 23.6. The molecular formula is C19H29N7O6. The molecule has 1 aromatic heterocycles. The summed E-state index contributed by atoms with van der Waals surface area (Å²) in [6.07, 6.45) is 0.625. The van der Waals surface area contributed by atoms with Crippen molar-refractivity contribution >= 4 is 23.6 Å². The molecular weight excluding hydrogens is 422 g/mol. The first-order valence-electron chi connectivity index (χ1n) is 10.5. The number of aliphatic hydroxyl groups is 2. The van der Waals surface area contributed by atoms with Gasteiger partial charge in [0.1, 0.15) is 18.2 Å². The number of imidazole rings is 1. The Morgan fingerprint density at radius 1 is 1.19 bits per heavy atom. The molecule has 0 aromatic carbocycles. The van der Waals surface area contributed by atoms with Crippen molar-refractivity contribution in [3.63, 3.8) is 0 Å². The number of aromatic amines is 1. The molecule has 4 amide bonds. The summed E-state index contributed by atoms with van der Waals surface area (Å²) in [7, 11) is 0. The predicted octanol–water partition coefficient (Wildman–Crippen LogP) is -3.47. The molecule has 3 heterocycles. The minimum atomic E-state index is -1.59. The summed E-state index contributed by atoms with van der Waals surface area (Å²) in [6.45, 7) is 3.01. The number of hydrogen-bond acceptors (Lipinski definition) is 8. The molecule has 0 spiro atoms. The van der Waals surface area contributed by atoms with Crippen LogP contribution in [0.5, 0.6) is 0 Å². The van der Waals surface area contributed by atoms with Gasteiger partial charge in [0.15, 0.2) is 6.04 Å². The number of H-pyrrole nitrogens is 1. The van der Waals surface area contributed by atoms with E-state index in [2.05, 4.69) is 31.3 Å². The normalized spacial score (nSPS) is 30.9. The fourth-order valence-corrected chi connectivity index (χ4v) is 3.71. The summed E-state index contributed by atoms with van der Waals surface area (Å²) in [5.74, 6) is -2.89. The molecule has 0 bridgehead atoms. The SMILES string of the molecule is CCC(C)C1NC(=O)CNC(=O)C2C(O)C(O)CNN2C(=O)C(Cc2cnc[nH]2)NC1=O. The quantitative estimate of drug-likeness (QED) is 0.246. The van der Waals surface area contributed by atoms with Gasteiger partial charge in [0.05, 0.1) is 19.0 Å². The van der Waals surface area contributed by atoms with Crippen LogP contribution in [0.3, 0.4) is 0 Å². The first-order chi connectivity index (χ1) is 15.2. The Kier molecular flexibility index (Phi) is 7.43. The molecule has 2 aliphatic heterocycles. The molecule has 13 heteroatoms. The highest BCUT2D eigenvalue weighted by Gasteiger charge is 2.45. The molecule has 13 nitrogen and oxygen atoms in total. The van der Waals surface area contributed by atoms with Crippen LogP contribution in [0.15, 0.2) is 12.5 Å². The summed E-state index contributed by atoms with van der Waals surface area (Å²) < 4.78 is 0. The van der Waals surface area contributed by atoms with Gasteiger partial charge < -0.3 is 31.1 Å². The van der Waals surface area contributed by atoms with Gasteiger partial charge in [-0.25, -0.2) is 10.4 Å². The summed E-state index contributed by atoms with van der Waals surface area (Å²) >= 11 is 0. The molecule has 0 radical (unpaired) electrons. The van der Waals surface area contributed by atoms with E-state index in [9.17, 15) is 29.4 Å².